The van der Waals surface area contributed by atoms with Gasteiger partial charge in [0.15, 0.2) is 0 Å². The lowest BCUT2D eigenvalue weighted by Crippen LogP contribution is -2.32. The molecule has 0 saturated carbocycles. The lowest BCUT2D eigenvalue weighted by molar-refractivity contribution is -0.130. The van der Waals surface area contributed by atoms with Gasteiger partial charge in [0.2, 0.25) is 5.91 Å². The molecule has 1 fully saturated rings. The highest BCUT2D eigenvalue weighted by Crippen LogP contribution is 2.17. The highest BCUT2D eigenvalue weighted by molar-refractivity contribution is 5.76. The maximum absolute atomic E-state index is 12.5. The van der Waals surface area contributed by atoms with Crippen LogP contribution in [0.1, 0.15) is 23.1 Å². The predicted octanol–water partition coefficient (Wildman–Crippen LogP) is 2.60. The topological polar surface area (TPSA) is 53.0 Å². The SMILES string of the molecule is Cc1ccccc1CN1CCN(Cc2ccc(OCCO)cc2)CCC1=O. The van der Waals surface area contributed by atoms with E-state index in [4.69, 9.17) is 9.84 Å². The summed E-state index contributed by atoms with van der Waals surface area (Å²) < 4.78 is 5.40. The van der Waals surface area contributed by atoms with Crippen LogP contribution in [0.2, 0.25) is 0 Å². The van der Waals surface area contributed by atoms with E-state index in [0.717, 1.165) is 31.9 Å². The first-order valence-corrected chi connectivity index (χ1v) is 9.53. The Morgan fingerprint density at radius 1 is 1.00 bits per heavy atom. The van der Waals surface area contributed by atoms with Gasteiger partial charge in [-0.2, -0.15) is 0 Å². The van der Waals surface area contributed by atoms with E-state index in [1.54, 1.807) is 0 Å². The van der Waals surface area contributed by atoms with Crippen molar-refractivity contribution in [2.75, 3.05) is 32.8 Å². The Labute approximate surface area is 161 Å². The number of amides is 1. The van der Waals surface area contributed by atoms with E-state index in [2.05, 4.69) is 24.0 Å². The summed E-state index contributed by atoms with van der Waals surface area (Å²) in [4.78, 5) is 16.8. The van der Waals surface area contributed by atoms with Crippen molar-refractivity contribution < 1.29 is 14.6 Å². The molecule has 5 heteroatoms. The summed E-state index contributed by atoms with van der Waals surface area (Å²) in [7, 11) is 0. The zero-order valence-electron chi connectivity index (χ0n) is 15.9. The molecule has 0 atom stereocenters. The van der Waals surface area contributed by atoms with Gasteiger partial charge in [0.1, 0.15) is 12.4 Å². The van der Waals surface area contributed by atoms with Crippen molar-refractivity contribution in [3.8, 4) is 5.75 Å². The zero-order valence-corrected chi connectivity index (χ0v) is 15.9. The molecular formula is C22H28N2O3. The summed E-state index contributed by atoms with van der Waals surface area (Å²) >= 11 is 0. The summed E-state index contributed by atoms with van der Waals surface area (Å²) in [6, 6.07) is 16.2. The molecule has 0 unspecified atom stereocenters. The van der Waals surface area contributed by atoms with Crippen LogP contribution < -0.4 is 4.74 Å². The van der Waals surface area contributed by atoms with E-state index in [9.17, 15) is 4.79 Å². The second kappa shape index (κ2) is 9.53. The average molecular weight is 368 g/mol. The maximum Gasteiger partial charge on any atom is 0.224 e. The number of hydrogen-bond acceptors (Lipinski definition) is 4. The smallest absolute Gasteiger partial charge is 0.224 e. The summed E-state index contributed by atoms with van der Waals surface area (Å²) in [6.45, 7) is 6.35. The summed E-state index contributed by atoms with van der Waals surface area (Å²) in [5.41, 5.74) is 3.65. The largest absolute Gasteiger partial charge is 0.491 e. The lowest BCUT2D eigenvalue weighted by atomic mass is 10.1. The monoisotopic (exact) mass is 368 g/mol. The molecule has 1 aliphatic heterocycles. The molecule has 0 bridgehead atoms. The standard InChI is InChI=1S/C22H28N2O3/c1-18-4-2-3-5-20(18)17-24-13-12-23(11-10-22(24)26)16-19-6-8-21(9-7-19)27-15-14-25/h2-9,25H,10-17H2,1H3. The molecule has 144 valence electrons. The number of aryl methyl sites for hydroxylation is 1. The molecule has 0 aliphatic carbocycles. The number of aliphatic hydroxyl groups is 1. The summed E-state index contributed by atoms with van der Waals surface area (Å²) in [6.07, 6.45) is 0.559. The van der Waals surface area contributed by atoms with Crippen molar-refractivity contribution in [1.29, 1.82) is 0 Å². The van der Waals surface area contributed by atoms with Gasteiger partial charge in [-0.1, -0.05) is 36.4 Å². The first-order chi connectivity index (χ1) is 13.2. The molecule has 2 aromatic rings. The van der Waals surface area contributed by atoms with Crippen molar-refractivity contribution in [3.63, 3.8) is 0 Å². The Balaban J connectivity index is 1.55. The molecule has 1 N–H and O–H groups in total. The Bertz CT molecular complexity index is 745. The van der Waals surface area contributed by atoms with Gasteiger partial charge in [-0.15, -0.1) is 0 Å². The molecule has 2 aromatic carbocycles. The third-order valence-electron chi connectivity index (χ3n) is 4.99. The van der Waals surface area contributed by atoms with Crippen molar-refractivity contribution in [2.24, 2.45) is 0 Å². The predicted molar refractivity (Wildman–Crippen MR) is 106 cm³/mol. The van der Waals surface area contributed by atoms with E-state index in [1.807, 2.05) is 41.3 Å². The third kappa shape index (κ3) is 5.55. The van der Waals surface area contributed by atoms with Crippen LogP contribution in [0.5, 0.6) is 5.75 Å². The fourth-order valence-corrected chi connectivity index (χ4v) is 3.34. The van der Waals surface area contributed by atoms with E-state index >= 15 is 0 Å². The molecule has 5 nitrogen and oxygen atoms in total. The average Bonchev–Trinajstić information content (AvgIpc) is 2.85. The van der Waals surface area contributed by atoms with Gasteiger partial charge in [0, 0.05) is 39.1 Å². The normalized spacial score (nSPS) is 15.6. The number of aliphatic hydroxyl groups excluding tert-OH is 1. The van der Waals surface area contributed by atoms with Crippen LogP contribution in [0.25, 0.3) is 0 Å². The van der Waals surface area contributed by atoms with E-state index in [1.165, 1.54) is 16.7 Å². The van der Waals surface area contributed by atoms with Gasteiger partial charge < -0.3 is 14.7 Å². The number of carbonyl (C=O) groups excluding carboxylic acids is 1. The van der Waals surface area contributed by atoms with Gasteiger partial charge in [0.25, 0.3) is 0 Å². The number of hydrogen-bond donors (Lipinski definition) is 1. The molecule has 1 saturated heterocycles. The maximum atomic E-state index is 12.5. The molecule has 27 heavy (non-hydrogen) atoms. The van der Waals surface area contributed by atoms with Crippen molar-refractivity contribution >= 4 is 5.91 Å². The van der Waals surface area contributed by atoms with E-state index in [0.29, 0.717) is 19.6 Å². The summed E-state index contributed by atoms with van der Waals surface area (Å²) in [5, 5.41) is 8.81. The first kappa shape index (κ1) is 19.4. The Morgan fingerprint density at radius 2 is 1.78 bits per heavy atom. The third-order valence-corrected chi connectivity index (χ3v) is 4.99. The van der Waals surface area contributed by atoms with Crippen molar-refractivity contribution in [3.05, 3.63) is 65.2 Å². The van der Waals surface area contributed by atoms with Crippen LogP contribution in [-0.4, -0.2) is 53.7 Å². The number of rotatable bonds is 7. The van der Waals surface area contributed by atoms with E-state index < -0.39 is 0 Å². The lowest BCUT2D eigenvalue weighted by Gasteiger charge is -2.23. The highest BCUT2D eigenvalue weighted by Gasteiger charge is 2.21. The Hall–Kier alpha value is -2.37. The number of carbonyl (C=O) groups is 1. The Morgan fingerprint density at radius 3 is 2.52 bits per heavy atom. The molecule has 0 aromatic heterocycles. The van der Waals surface area contributed by atoms with Crippen LogP contribution in [0.4, 0.5) is 0 Å². The number of benzene rings is 2. The van der Waals surface area contributed by atoms with Gasteiger partial charge in [0.05, 0.1) is 6.61 Å². The molecule has 1 aliphatic rings. The fraction of sp³-hybridized carbons (Fsp3) is 0.409. The quantitative estimate of drug-likeness (QED) is 0.816. The molecule has 1 amide bonds. The minimum Gasteiger partial charge on any atom is -0.491 e. The van der Waals surface area contributed by atoms with E-state index in [-0.39, 0.29) is 12.5 Å². The second-order valence-electron chi connectivity index (χ2n) is 6.98. The molecular weight excluding hydrogens is 340 g/mol. The van der Waals surface area contributed by atoms with Gasteiger partial charge in [-0.05, 0) is 35.7 Å². The molecule has 1 heterocycles. The molecule has 0 spiro atoms. The van der Waals surface area contributed by atoms with Gasteiger partial charge in [-0.3, -0.25) is 9.69 Å². The number of ether oxygens (including phenoxy) is 1. The zero-order chi connectivity index (χ0) is 19.1. The minimum absolute atomic E-state index is 0.0164. The van der Waals surface area contributed by atoms with Crippen molar-refractivity contribution in [2.45, 2.75) is 26.4 Å². The molecule has 0 radical (unpaired) electrons. The minimum atomic E-state index is 0.0164. The number of nitrogens with zero attached hydrogens (tertiary/aromatic N) is 2. The summed E-state index contributed by atoms with van der Waals surface area (Å²) in [5.74, 6) is 0.997. The van der Waals surface area contributed by atoms with Crippen LogP contribution in [0.3, 0.4) is 0 Å². The second-order valence-corrected chi connectivity index (χ2v) is 6.98. The first-order valence-electron chi connectivity index (χ1n) is 9.53. The highest BCUT2D eigenvalue weighted by atomic mass is 16.5. The van der Waals surface area contributed by atoms with Crippen LogP contribution in [0, 0.1) is 6.92 Å². The van der Waals surface area contributed by atoms with Crippen LogP contribution in [0.15, 0.2) is 48.5 Å². The fourth-order valence-electron chi connectivity index (χ4n) is 3.34. The molecule has 3 rings (SSSR count). The van der Waals surface area contributed by atoms with Crippen LogP contribution >= 0.6 is 0 Å². The van der Waals surface area contributed by atoms with Gasteiger partial charge in [-0.25, -0.2) is 0 Å². The van der Waals surface area contributed by atoms with Crippen LogP contribution in [-0.2, 0) is 17.9 Å². The van der Waals surface area contributed by atoms with Gasteiger partial charge >= 0.3 is 0 Å². The van der Waals surface area contributed by atoms with Crippen molar-refractivity contribution in [1.82, 2.24) is 9.80 Å². The Kier molecular flexibility index (Phi) is 6.85.